The molecule has 2 aromatic carbocycles. The van der Waals surface area contributed by atoms with E-state index in [1.165, 1.54) is 0 Å². The molecule has 1 nitrogen and oxygen atoms in total. The molecular formula is C17H6F8OS4. The van der Waals surface area contributed by atoms with Crippen LogP contribution < -0.4 is 4.06 Å². The molecule has 0 atom stereocenters. The van der Waals surface area contributed by atoms with Crippen molar-refractivity contribution in [2.45, 2.75) is 19.9 Å². The van der Waals surface area contributed by atoms with E-state index in [9.17, 15) is 39.9 Å². The molecule has 1 heterocycles. The molecule has 0 bridgehead atoms. The number of thioether (sulfide) groups is 2. The van der Waals surface area contributed by atoms with Gasteiger partial charge in [-0.25, -0.2) is 35.1 Å². The lowest BCUT2D eigenvalue weighted by Gasteiger charge is -2.08. The van der Waals surface area contributed by atoms with Gasteiger partial charge in [0, 0.05) is 34.8 Å². The van der Waals surface area contributed by atoms with Crippen LogP contribution in [0.25, 0.3) is 0 Å². The predicted molar refractivity (Wildman–Crippen MR) is 100 cm³/mol. The van der Waals surface area contributed by atoms with Crippen LogP contribution in [0.3, 0.4) is 0 Å². The van der Waals surface area contributed by atoms with Gasteiger partial charge in [-0.05, 0) is 0 Å². The second-order valence-electron chi connectivity index (χ2n) is 5.50. The van der Waals surface area contributed by atoms with E-state index in [1.807, 2.05) is 0 Å². The SMILES string of the molecule is O=c1sc(SCc2c(F)c(F)cc(F)c2F)c(SCc2c(F)c(F)cc(F)c2F)s1. The minimum Gasteiger partial charge on any atom is -0.265 e. The minimum atomic E-state index is -1.59. The van der Waals surface area contributed by atoms with Crippen molar-refractivity contribution < 1.29 is 35.1 Å². The molecule has 0 fully saturated rings. The maximum Gasteiger partial charge on any atom is 0.289 e. The molecule has 0 spiro atoms. The summed E-state index contributed by atoms with van der Waals surface area (Å²) in [5.74, 6) is -13.8. The Morgan fingerprint density at radius 3 is 1.20 bits per heavy atom. The first-order valence-corrected chi connectivity index (χ1v) is 11.2. The van der Waals surface area contributed by atoms with Gasteiger partial charge in [0.2, 0.25) is 0 Å². The maximum atomic E-state index is 13.8. The molecule has 0 saturated heterocycles. The van der Waals surface area contributed by atoms with Gasteiger partial charge >= 0.3 is 0 Å². The van der Waals surface area contributed by atoms with E-state index in [0.29, 0.717) is 46.2 Å². The molecule has 0 aliphatic rings. The summed E-state index contributed by atoms with van der Waals surface area (Å²) in [5.41, 5.74) is -1.77. The first-order chi connectivity index (χ1) is 14.1. The summed E-state index contributed by atoms with van der Waals surface area (Å²) >= 11 is 2.63. The Hall–Kier alpha value is -1.57. The Bertz CT molecular complexity index is 1030. The Morgan fingerprint density at radius 2 is 0.900 bits per heavy atom. The molecule has 1 aromatic heterocycles. The van der Waals surface area contributed by atoms with E-state index in [0.717, 1.165) is 0 Å². The Morgan fingerprint density at radius 1 is 0.600 bits per heavy atom. The molecule has 160 valence electrons. The lowest BCUT2D eigenvalue weighted by Crippen LogP contribution is -2.01. The van der Waals surface area contributed by atoms with E-state index >= 15 is 0 Å². The molecule has 0 unspecified atom stereocenters. The number of hydrogen-bond donors (Lipinski definition) is 0. The zero-order valence-corrected chi connectivity index (χ0v) is 17.4. The fourth-order valence-electron chi connectivity index (χ4n) is 2.21. The average molecular weight is 506 g/mol. The van der Waals surface area contributed by atoms with Crippen LogP contribution >= 0.6 is 46.2 Å². The normalized spacial score (nSPS) is 11.3. The molecule has 0 radical (unpaired) electrons. The van der Waals surface area contributed by atoms with E-state index in [4.69, 9.17) is 0 Å². The van der Waals surface area contributed by atoms with E-state index < -0.39 is 73.2 Å². The van der Waals surface area contributed by atoms with E-state index in [-0.39, 0.29) is 20.6 Å². The third kappa shape index (κ3) is 4.68. The van der Waals surface area contributed by atoms with Crippen molar-refractivity contribution in [3.05, 3.63) is 78.6 Å². The molecule has 0 amide bonds. The van der Waals surface area contributed by atoms with Gasteiger partial charge in [0.15, 0.2) is 46.5 Å². The van der Waals surface area contributed by atoms with Crippen LogP contribution in [0.4, 0.5) is 35.1 Å². The molecule has 0 saturated carbocycles. The highest BCUT2D eigenvalue weighted by Gasteiger charge is 2.22. The smallest absolute Gasteiger partial charge is 0.265 e. The van der Waals surface area contributed by atoms with Crippen LogP contribution in [0.5, 0.6) is 0 Å². The van der Waals surface area contributed by atoms with Gasteiger partial charge in [0.25, 0.3) is 4.06 Å². The van der Waals surface area contributed by atoms with Crippen molar-refractivity contribution in [1.29, 1.82) is 0 Å². The summed E-state index contributed by atoms with van der Waals surface area (Å²) in [4.78, 5) is 11.7. The third-order valence-corrected chi connectivity index (χ3v) is 8.75. The molecular weight excluding hydrogens is 500 g/mol. The molecule has 0 aliphatic carbocycles. The van der Waals surface area contributed by atoms with Crippen molar-refractivity contribution in [3.63, 3.8) is 0 Å². The quantitative estimate of drug-likeness (QED) is 0.206. The first-order valence-electron chi connectivity index (χ1n) is 7.63. The maximum absolute atomic E-state index is 13.8. The Balaban J connectivity index is 1.83. The highest BCUT2D eigenvalue weighted by atomic mass is 32.2. The van der Waals surface area contributed by atoms with Crippen LogP contribution in [0, 0.1) is 46.5 Å². The zero-order valence-electron chi connectivity index (χ0n) is 14.1. The molecule has 0 aliphatic heterocycles. The Kier molecular flexibility index (Phi) is 7.15. The average Bonchev–Trinajstić information content (AvgIpc) is 3.04. The van der Waals surface area contributed by atoms with Crippen molar-refractivity contribution in [3.8, 4) is 0 Å². The largest absolute Gasteiger partial charge is 0.289 e. The lowest BCUT2D eigenvalue weighted by molar-refractivity contribution is 0.444. The summed E-state index contributed by atoms with van der Waals surface area (Å²) in [7, 11) is 0. The lowest BCUT2D eigenvalue weighted by atomic mass is 10.2. The third-order valence-electron chi connectivity index (χ3n) is 3.62. The predicted octanol–water partition coefficient (Wildman–Crippen LogP) is 6.87. The molecule has 30 heavy (non-hydrogen) atoms. The summed E-state index contributed by atoms with van der Waals surface area (Å²) in [6.45, 7) is 0. The zero-order chi connectivity index (χ0) is 22.2. The van der Waals surface area contributed by atoms with Gasteiger partial charge in [0.1, 0.15) is 0 Å². The highest BCUT2D eigenvalue weighted by molar-refractivity contribution is 8.04. The topological polar surface area (TPSA) is 17.1 Å². The van der Waals surface area contributed by atoms with Gasteiger partial charge < -0.3 is 0 Å². The van der Waals surface area contributed by atoms with Crippen molar-refractivity contribution in [2.24, 2.45) is 0 Å². The molecule has 13 heteroatoms. The second kappa shape index (κ2) is 9.28. The second-order valence-corrected chi connectivity index (χ2v) is 10.2. The minimum absolute atomic E-state index is 0.0598. The molecule has 3 aromatic rings. The van der Waals surface area contributed by atoms with E-state index in [2.05, 4.69) is 0 Å². The summed E-state index contributed by atoms with van der Waals surface area (Å²) in [5, 5.41) is 0. The monoisotopic (exact) mass is 506 g/mol. The fraction of sp³-hybridized carbons (Fsp3) is 0.118. The Labute approximate surface area is 179 Å². The number of rotatable bonds is 6. The van der Waals surface area contributed by atoms with Gasteiger partial charge in [-0.2, -0.15) is 0 Å². The van der Waals surface area contributed by atoms with Crippen LogP contribution in [0.15, 0.2) is 25.3 Å². The van der Waals surface area contributed by atoms with Crippen LogP contribution in [-0.4, -0.2) is 0 Å². The van der Waals surface area contributed by atoms with Crippen LogP contribution in [-0.2, 0) is 11.5 Å². The molecule has 0 N–H and O–H groups in total. The van der Waals surface area contributed by atoms with Crippen LogP contribution in [0.1, 0.15) is 11.1 Å². The number of halogens is 8. The fourth-order valence-corrected chi connectivity index (χ4v) is 7.44. The summed E-state index contributed by atoms with van der Waals surface area (Å²) in [6.07, 6.45) is 0. The van der Waals surface area contributed by atoms with Gasteiger partial charge in [-0.3, -0.25) is 4.79 Å². The highest BCUT2D eigenvalue weighted by Crippen LogP contribution is 2.40. The number of benzene rings is 2. The van der Waals surface area contributed by atoms with Gasteiger partial charge in [0.05, 0.1) is 8.42 Å². The van der Waals surface area contributed by atoms with Crippen molar-refractivity contribution in [2.75, 3.05) is 0 Å². The molecule has 3 rings (SSSR count). The first kappa shape index (κ1) is 23.1. The van der Waals surface area contributed by atoms with Gasteiger partial charge in [-0.15, -0.1) is 23.5 Å². The number of hydrogen-bond acceptors (Lipinski definition) is 5. The standard InChI is InChI=1S/C17H6F8OS4/c18-7-1-8(19)12(23)5(11(7)22)3-27-15-16(30-17(26)29-15)28-4-6-13(24)9(20)2-10(21)14(6)25/h1-2H,3-4H2. The van der Waals surface area contributed by atoms with Crippen LogP contribution in [0.2, 0.25) is 0 Å². The van der Waals surface area contributed by atoms with E-state index in [1.54, 1.807) is 0 Å². The van der Waals surface area contributed by atoms with Gasteiger partial charge in [-0.1, -0.05) is 22.7 Å². The summed E-state index contributed by atoms with van der Waals surface area (Å²) < 4.78 is 108. The van der Waals surface area contributed by atoms with Crippen molar-refractivity contribution >= 4 is 46.2 Å². The van der Waals surface area contributed by atoms with Crippen molar-refractivity contribution in [1.82, 2.24) is 0 Å². The summed E-state index contributed by atoms with van der Waals surface area (Å²) in [6, 6.07) is 0.120.